The van der Waals surface area contributed by atoms with Crippen LogP contribution in [-0.4, -0.2) is 28.9 Å². The summed E-state index contributed by atoms with van der Waals surface area (Å²) in [5.74, 6) is 1.00. The molecule has 4 nitrogen and oxygen atoms in total. The molecule has 2 N–H and O–H groups in total. The minimum Gasteiger partial charge on any atom is -0.490 e. The lowest BCUT2D eigenvalue weighted by atomic mass is 9.92. The number of aromatic amines is 1. The van der Waals surface area contributed by atoms with Gasteiger partial charge in [0.15, 0.2) is 0 Å². The van der Waals surface area contributed by atoms with Gasteiger partial charge in [-0.3, -0.25) is 5.10 Å². The first-order valence-electron chi connectivity index (χ1n) is 8.10. The van der Waals surface area contributed by atoms with Gasteiger partial charge in [0.25, 0.3) is 0 Å². The van der Waals surface area contributed by atoms with Crippen molar-refractivity contribution in [3.05, 3.63) is 23.9 Å². The van der Waals surface area contributed by atoms with Crippen LogP contribution in [0.3, 0.4) is 0 Å². The molecule has 1 heterocycles. The van der Waals surface area contributed by atoms with Gasteiger partial charge in [0.05, 0.1) is 11.7 Å². The van der Waals surface area contributed by atoms with Crippen molar-refractivity contribution in [2.75, 3.05) is 6.54 Å². The summed E-state index contributed by atoms with van der Waals surface area (Å²) < 4.78 is 6.29. The van der Waals surface area contributed by atoms with Crippen LogP contribution in [0.25, 0.3) is 10.9 Å². The number of hydrogen-bond donors (Lipinski definition) is 2. The number of benzene rings is 1. The van der Waals surface area contributed by atoms with E-state index in [0.717, 1.165) is 36.0 Å². The van der Waals surface area contributed by atoms with Gasteiger partial charge in [-0.2, -0.15) is 5.10 Å². The Labute approximate surface area is 138 Å². The zero-order valence-corrected chi connectivity index (χ0v) is 14.2. The average molecular weight is 324 g/mol. The Balaban J connectivity index is 0.00000176. The van der Waals surface area contributed by atoms with Crippen molar-refractivity contribution < 1.29 is 4.74 Å². The van der Waals surface area contributed by atoms with E-state index >= 15 is 0 Å². The van der Waals surface area contributed by atoms with Crippen LogP contribution in [0, 0.1) is 6.92 Å². The summed E-state index contributed by atoms with van der Waals surface area (Å²) in [4.78, 5) is 0. The summed E-state index contributed by atoms with van der Waals surface area (Å²) in [7, 11) is 0. The number of fused-ring (bicyclic) bond motifs is 1. The second-order valence-electron chi connectivity index (χ2n) is 6.08. The molecule has 1 aliphatic carbocycles. The zero-order valence-electron chi connectivity index (χ0n) is 13.4. The fourth-order valence-corrected chi connectivity index (χ4v) is 3.23. The van der Waals surface area contributed by atoms with Crippen molar-refractivity contribution in [1.82, 2.24) is 15.5 Å². The molecule has 122 valence electrons. The van der Waals surface area contributed by atoms with Crippen LogP contribution in [0.1, 0.15) is 44.6 Å². The highest BCUT2D eigenvalue weighted by Crippen LogP contribution is 2.29. The summed E-state index contributed by atoms with van der Waals surface area (Å²) in [5, 5.41) is 11.9. The molecule has 0 spiro atoms. The topological polar surface area (TPSA) is 49.9 Å². The standard InChI is InChI=1S/C17H25N3O.ClH/c1-3-9-18-13-5-4-6-14(10-13)21-17-8-7-16-15(12(17)2)11-19-20-16;/h7-8,11,13-14,18H,3-6,9-10H2,1-2H3,(H,19,20);1H/t13-,14-;/m1./s1. The number of ether oxygens (including phenoxy) is 1. The quantitative estimate of drug-likeness (QED) is 0.875. The number of hydrogen-bond acceptors (Lipinski definition) is 3. The lowest BCUT2D eigenvalue weighted by molar-refractivity contribution is 0.134. The van der Waals surface area contributed by atoms with Crippen LogP contribution in [0.5, 0.6) is 5.75 Å². The van der Waals surface area contributed by atoms with Crippen LogP contribution in [0.2, 0.25) is 0 Å². The van der Waals surface area contributed by atoms with Crippen molar-refractivity contribution in [2.24, 2.45) is 0 Å². The minimum absolute atomic E-state index is 0. The van der Waals surface area contributed by atoms with Gasteiger partial charge in [-0.15, -0.1) is 12.4 Å². The lowest BCUT2D eigenvalue weighted by Gasteiger charge is -2.30. The monoisotopic (exact) mass is 323 g/mol. The maximum absolute atomic E-state index is 6.29. The van der Waals surface area contributed by atoms with Crippen molar-refractivity contribution in [1.29, 1.82) is 0 Å². The highest BCUT2D eigenvalue weighted by atomic mass is 35.5. The third kappa shape index (κ3) is 3.73. The molecule has 1 aromatic heterocycles. The Morgan fingerprint density at radius 1 is 1.36 bits per heavy atom. The van der Waals surface area contributed by atoms with Gasteiger partial charge < -0.3 is 10.1 Å². The van der Waals surface area contributed by atoms with E-state index in [2.05, 4.69) is 41.5 Å². The summed E-state index contributed by atoms with van der Waals surface area (Å²) in [6.45, 7) is 5.44. The van der Waals surface area contributed by atoms with Gasteiger partial charge in [-0.05, 0) is 57.7 Å². The van der Waals surface area contributed by atoms with Crippen LogP contribution < -0.4 is 10.1 Å². The van der Waals surface area contributed by atoms with Crippen LogP contribution in [0.15, 0.2) is 18.3 Å². The molecule has 0 amide bonds. The molecule has 1 aliphatic rings. The van der Waals surface area contributed by atoms with Gasteiger partial charge in [0, 0.05) is 17.0 Å². The van der Waals surface area contributed by atoms with E-state index < -0.39 is 0 Å². The summed E-state index contributed by atoms with van der Waals surface area (Å²) in [5.41, 5.74) is 2.26. The maximum atomic E-state index is 6.29. The lowest BCUT2D eigenvalue weighted by Crippen LogP contribution is -2.38. The highest BCUT2D eigenvalue weighted by molar-refractivity contribution is 5.85. The molecule has 0 bridgehead atoms. The molecule has 2 atom stereocenters. The van der Waals surface area contributed by atoms with E-state index in [0.29, 0.717) is 12.1 Å². The van der Waals surface area contributed by atoms with Crippen molar-refractivity contribution in [2.45, 2.75) is 58.1 Å². The fourth-order valence-electron chi connectivity index (χ4n) is 3.23. The average Bonchev–Trinajstić information content (AvgIpc) is 2.98. The van der Waals surface area contributed by atoms with Crippen LogP contribution in [0.4, 0.5) is 0 Å². The molecule has 2 aromatic rings. The molecular weight excluding hydrogens is 298 g/mol. The minimum atomic E-state index is 0. The van der Waals surface area contributed by atoms with Gasteiger partial charge in [-0.25, -0.2) is 0 Å². The van der Waals surface area contributed by atoms with E-state index in [9.17, 15) is 0 Å². The first kappa shape index (κ1) is 17.1. The Morgan fingerprint density at radius 3 is 3.05 bits per heavy atom. The first-order valence-corrected chi connectivity index (χ1v) is 8.10. The van der Waals surface area contributed by atoms with Gasteiger partial charge in [0.1, 0.15) is 11.9 Å². The molecule has 0 aliphatic heterocycles. The summed E-state index contributed by atoms with van der Waals surface area (Å²) in [6, 6.07) is 4.74. The van der Waals surface area contributed by atoms with E-state index in [1.165, 1.54) is 24.8 Å². The molecule has 0 saturated heterocycles. The number of rotatable bonds is 5. The van der Waals surface area contributed by atoms with Crippen LogP contribution >= 0.6 is 12.4 Å². The predicted molar refractivity (Wildman–Crippen MR) is 93.0 cm³/mol. The molecule has 1 fully saturated rings. The van der Waals surface area contributed by atoms with Crippen molar-refractivity contribution >= 4 is 23.3 Å². The summed E-state index contributed by atoms with van der Waals surface area (Å²) >= 11 is 0. The SMILES string of the molecule is CCCN[C@@H]1CCC[C@@H](Oc2ccc3[nH]ncc3c2C)C1.Cl. The molecule has 3 rings (SSSR count). The van der Waals surface area contributed by atoms with E-state index in [4.69, 9.17) is 4.74 Å². The number of halogens is 1. The normalized spacial score (nSPS) is 21.5. The third-order valence-corrected chi connectivity index (χ3v) is 4.45. The fraction of sp³-hybridized carbons (Fsp3) is 0.588. The van der Waals surface area contributed by atoms with Crippen LogP contribution in [-0.2, 0) is 0 Å². The molecular formula is C17H26ClN3O. The van der Waals surface area contributed by atoms with Crippen molar-refractivity contribution in [3.63, 3.8) is 0 Å². The van der Waals surface area contributed by atoms with Gasteiger partial charge in [-0.1, -0.05) is 6.92 Å². The van der Waals surface area contributed by atoms with Gasteiger partial charge >= 0.3 is 0 Å². The number of H-pyrrole nitrogens is 1. The second-order valence-corrected chi connectivity index (χ2v) is 6.08. The molecule has 22 heavy (non-hydrogen) atoms. The molecule has 0 unspecified atom stereocenters. The second kappa shape index (κ2) is 7.84. The highest BCUT2D eigenvalue weighted by Gasteiger charge is 2.23. The number of nitrogens with zero attached hydrogens (tertiary/aromatic N) is 1. The maximum Gasteiger partial charge on any atom is 0.123 e. The first-order chi connectivity index (χ1) is 10.3. The Morgan fingerprint density at radius 2 is 2.23 bits per heavy atom. The van der Waals surface area contributed by atoms with E-state index in [1.54, 1.807) is 0 Å². The number of aromatic nitrogens is 2. The predicted octanol–water partition coefficient (Wildman–Crippen LogP) is 3.98. The largest absolute Gasteiger partial charge is 0.490 e. The zero-order chi connectivity index (χ0) is 14.7. The number of nitrogens with one attached hydrogen (secondary N) is 2. The van der Waals surface area contributed by atoms with E-state index in [1.807, 2.05) is 6.20 Å². The number of aryl methyl sites for hydroxylation is 1. The smallest absolute Gasteiger partial charge is 0.123 e. The Bertz CT molecular complexity index is 599. The Kier molecular flexibility index (Phi) is 6.09. The third-order valence-electron chi connectivity index (χ3n) is 4.45. The molecule has 1 saturated carbocycles. The molecule has 1 aromatic carbocycles. The van der Waals surface area contributed by atoms with Crippen molar-refractivity contribution in [3.8, 4) is 5.75 Å². The van der Waals surface area contributed by atoms with E-state index in [-0.39, 0.29) is 12.4 Å². The molecule has 5 heteroatoms. The summed E-state index contributed by atoms with van der Waals surface area (Å²) in [6.07, 6.45) is 8.20. The molecule has 0 radical (unpaired) electrons. The Hall–Kier alpha value is -1.26. The van der Waals surface area contributed by atoms with Gasteiger partial charge in [0.2, 0.25) is 0 Å².